The number of ether oxygens (including phenoxy) is 3. The molecule has 2 rings (SSSR count). The summed E-state index contributed by atoms with van der Waals surface area (Å²) in [4.78, 5) is 0. The van der Waals surface area contributed by atoms with E-state index >= 15 is 0 Å². The fraction of sp³-hybridized carbons (Fsp3) is 0.333. The molecule has 0 saturated carbocycles. The minimum atomic E-state index is 0.569. The zero-order valence-corrected chi connectivity index (χ0v) is 14.4. The zero-order valence-electron chi connectivity index (χ0n) is 13.7. The summed E-state index contributed by atoms with van der Waals surface area (Å²) in [5.74, 6) is 2.21. The highest BCUT2D eigenvalue weighted by molar-refractivity contribution is 6.31. The summed E-state index contributed by atoms with van der Waals surface area (Å²) in [6.45, 7) is 5.62. The van der Waals surface area contributed by atoms with Crippen molar-refractivity contribution < 1.29 is 14.2 Å². The van der Waals surface area contributed by atoms with Crippen LogP contribution in [0.15, 0.2) is 36.4 Å². The van der Waals surface area contributed by atoms with Gasteiger partial charge in [-0.15, -0.1) is 0 Å². The maximum atomic E-state index is 6.36. The predicted octanol–water partition coefficient (Wildman–Crippen LogP) is 4.76. The van der Waals surface area contributed by atoms with Crippen molar-refractivity contribution in [1.82, 2.24) is 0 Å². The van der Waals surface area contributed by atoms with E-state index < -0.39 is 0 Å². The molecule has 0 aromatic heterocycles. The zero-order chi connectivity index (χ0) is 16.7. The summed E-state index contributed by atoms with van der Waals surface area (Å²) in [6.07, 6.45) is 0. The first-order valence-electron chi connectivity index (χ1n) is 7.63. The summed E-state index contributed by atoms with van der Waals surface area (Å²) in [7, 11) is 1.65. The minimum Gasteiger partial charge on any atom is -0.497 e. The van der Waals surface area contributed by atoms with E-state index in [9.17, 15) is 0 Å². The molecular formula is C18H22ClNO3. The first-order valence-corrected chi connectivity index (χ1v) is 8.01. The van der Waals surface area contributed by atoms with Gasteiger partial charge in [0.1, 0.15) is 5.75 Å². The largest absolute Gasteiger partial charge is 0.497 e. The minimum absolute atomic E-state index is 0.569. The first-order chi connectivity index (χ1) is 11.2. The Morgan fingerprint density at radius 2 is 1.57 bits per heavy atom. The van der Waals surface area contributed by atoms with Gasteiger partial charge >= 0.3 is 0 Å². The molecule has 0 amide bonds. The van der Waals surface area contributed by atoms with E-state index in [-0.39, 0.29) is 0 Å². The average Bonchev–Trinajstić information content (AvgIpc) is 2.57. The van der Waals surface area contributed by atoms with Crippen LogP contribution in [0.25, 0.3) is 0 Å². The van der Waals surface area contributed by atoms with Crippen molar-refractivity contribution >= 4 is 17.3 Å². The normalized spacial score (nSPS) is 10.3. The summed E-state index contributed by atoms with van der Waals surface area (Å²) in [5.41, 5.74) is 1.95. The van der Waals surface area contributed by atoms with E-state index in [1.54, 1.807) is 13.2 Å². The van der Waals surface area contributed by atoms with Crippen LogP contribution in [0.5, 0.6) is 17.2 Å². The highest BCUT2D eigenvalue weighted by atomic mass is 35.5. The Labute approximate surface area is 142 Å². The first kappa shape index (κ1) is 17.3. The number of rotatable bonds is 8. The molecule has 0 fully saturated rings. The number of nitrogens with one attached hydrogen (secondary N) is 1. The van der Waals surface area contributed by atoms with Crippen molar-refractivity contribution in [3.05, 3.63) is 47.0 Å². The van der Waals surface area contributed by atoms with Gasteiger partial charge < -0.3 is 19.5 Å². The SMILES string of the molecule is CCOc1cc(Cl)c(CNc2ccc(OC)cc2)cc1OCC. The third-order valence-electron chi connectivity index (χ3n) is 3.29. The molecule has 2 aromatic rings. The van der Waals surface area contributed by atoms with Crippen LogP contribution in [0.1, 0.15) is 19.4 Å². The Kier molecular flexibility index (Phi) is 6.41. The Morgan fingerprint density at radius 3 is 2.13 bits per heavy atom. The van der Waals surface area contributed by atoms with Gasteiger partial charge in [-0.25, -0.2) is 0 Å². The van der Waals surface area contributed by atoms with Gasteiger partial charge in [-0.05, 0) is 49.7 Å². The monoisotopic (exact) mass is 335 g/mol. The molecule has 0 saturated heterocycles. The molecule has 0 bridgehead atoms. The number of benzene rings is 2. The number of halogens is 1. The van der Waals surface area contributed by atoms with Crippen LogP contribution < -0.4 is 19.5 Å². The summed E-state index contributed by atoms with van der Waals surface area (Å²) >= 11 is 6.36. The van der Waals surface area contributed by atoms with Crippen molar-refractivity contribution in [2.24, 2.45) is 0 Å². The molecule has 0 heterocycles. The third kappa shape index (κ3) is 4.70. The Morgan fingerprint density at radius 1 is 0.957 bits per heavy atom. The van der Waals surface area contributed by atoms with Gasteiger partial charge in [0.05, 0.1) is 20.3 Å². The van der Waals surface area contributed by atoms with E-state index in [0.29, 0.717) is 36.3 Å². The van der Waals surface area contributed by atoms with Crippen LogP contribution in [-0.4, -0.2) is 20.3 Å². The Hall–Kier alpha value is -2.07. The molecule has 2 aromatic carbocycles. The van der Waals surface area contributed by atoms with Crippen molar-refractivity contribution in [3.8, 4) is 17.2 Å². The van der Waals surface area contributed by atoms with Gasteiger partial charge in [0, 0.05) is 23.3 Å². The maximum absolute atomic E-state index is 6.36. The molecule has 5 heteroatoms. The molecule has 0 unspecified atom stereocenters. The molecule has 0 radical (unpaired) electrons. The lowest BCUT2D eigenvalue weighted by atomic mass is 10.2. The molecular weight excluding hydrogens is 314 g/mol. The Bertz CT molecular complexity index is 629. The van der Waals surface area contributed by atoms with E-state index in [1.165, 1.54) is 0 Å². The Balaban J connectivity index is 2.13. The van der Waals surface area contributed by atoms with Crippen molar-refractivity contribution in [1.29, 1.82) is 0 Å². The fourth-order valence-electron chi connectivity index (χ4n) is 2.16. The predicted molar refractivity (Wildman–Crippen MR) is 94.1 cm³/mol. The highest BCUT2D eigenvalue weighted by Gasteiger charge is 2.11. The van der Waals surface area contributed by atoms with Crippen LogP contribution in [0.3, 0.4) is 0 Å². The van der Waals surface area contributed by atoms with Gasteiger partial charge in [0.25, 0.3) is 0 Å². The van der Waals surface area contributed by atoms with Crippen molar-refractivity contribution in [3.63, 3.8) is 0 Å². The fourth-order valence-corrected chi connectivity index (χ4v) is 2.38. The number of methoxy groups -OCH3 is 1. The molecule has 0 aliphatic carbocycles. The quantitative estimate of drug-likeness (QED) is 0.755. The van der Waals surface area contributed by atoms with E-state index in [4.69, 9.17) is 25.8 Å². The number of hydrogen-bond acceptors (Lipinski definition) is 4. The molecule has 124 valence electrons. The maximum Gasteiger partial charge on any atom is 0.162 e. The van der Waals surface area contributed by atoms with Crippen LogP contribution in [0.4, 0.5) is 5.69 Å². The van der Waals surface area contributed by atoms with E-state index in [1.807, 2.05) is 44.2 Å². The highest BCUT2D eigenvalue weighted by Crippen LogP contribution is 2.34. The molecule has 0 atom stereocenters. The number of anilines is 1. The lowest BCUT2D eigenvalue weighted by molar-refractivity contribution is 0.287. The number of hydrogen-bond donors (Lipinski definition) is 1. The second kappa shape index (κ2) is 8.53. The van der Waals surface area contributed by atoms with E-state index in [0.717, 1.165) is 17.0 Å². The van der Waals surface area contributed by atoms with Gasteiger partial charge in [0.2, 0.25) is 0 Å². The molecule has 23 heavy (non-hydrogen) atoms. The smallest absolute Gasteiger partial charge is 0.162 e. The standard InChI is InChI=1S/C18H22ClNO3/c1-4-22-17-10-13(16(19)11-18(17)23-5-2)12-20-14-6-8-15(21-3)9-7-14/h6-11,20H,4-5,12H2,1-3H3. The molecule has 1 N–H and O–H groups in total. The van der Waals surface area contributed by atoms with Crippen molar-refractivity contribution in [2.45, 2.75) is 20.4 Å². The summed E-state index contributed by atoms with van der Waals surface area (Å²) in [6, 6.07) is 11.5. The van der Waals surface area contributed by atoms with E-state index in [2.05, 4.69) is 5.32 Å². The third-order valence-corrected chi connectivity index (χ3v) is 3.64. The lowest BCUT2D eigenvalue weighted by Crippen LogP contribution is -2.03. The molecule has 0 aliphatic heterocycles. The summed E-state index contributed by atoms with van der Waals surface area (Å²) < 4.78 is 16.4. The second-order valence-corrected chi connectivity index (χ2v) is 5.25. The van der Waals surface area contributed by atoms with Crippen LogP contribution in [-0.2, 0) is 6.54 Å². The molecule has 4 nitrogen and oxygen atoms in total. The van der Waals surface area contributed by atoms with Gasteiger partial charge in [-0.3, -0.25) is 0 Å². The van der Waals surface area contributed by atoms with Gasteiger partial charge in [0.15, 0.2) is 11.5 Å². The van der Waals surface area contributed by atoms with Crippen LogP contribution >= 0.6 is 11.6 Å². The molecule has 0 spiro atoms. The van der Waals surface area contributed by atoms with Crippen molar-refractivity contribution in [2.75, 3.05) is 25.6 Å². The molecule has 0 aliphatic rings. The van der Waals surface area contributed by atoms with Crippen LogP contribution in [0.2, 0.25) is 5.02 Å². The van der Waals surface area contributed by atoms with Gasteiger partial charge in [-0.2, -0.15) is 0 Å². The topological polar surface area (TPSA) is 39.7 Å². The van der Waals surface area contributed by atoms with Crippen LogP contribution in [0, 0.1) is 0 Å². The summed E-state index contributed by atoms with van der Waals surface area (Å²) in [5, 5.41) is 3.99. The average molecular weight is 336 g/mol. The lowest BCUT2D eigenvalue weighted by Gasteiger charge is -2.15. The second-order valence-electron chi connectivity index (χ2n) is 4.84. The van der Waals surface area contributed by atoms with Gasteiger partial charge in [-0.1, -0.05) is 11.6 Å².